The van der Waals surface area contributed by atoms with Crippen LogP contribution in [-0.2, 0) is 4.79 Å². The van der Waals surface area contributed by atoms with Crippen molar-refractivity contribution in [1.82, 2.24) is 19.5 Å². The van der Waals surface area contributed by atoms with Crippen molar-refractivity contribution in [3.05, 3.63) is 42.4 Å². The third kappa shape index (κ3) is 3.85. The largest absolute Gasteiger partial charge is 0.490 e. The molecular weight excluding hydrogens is 404 g/mol. The van der Waals surface area contributed by atoms with Gasteiger partial charge in [-0.25, -0.2) is 13.3 Å². The van der Waals surface area contributed by atoms with E-state index in [2.05, 4.69) is 27.3 Å². The lowest BCUT2D eigenvalue weighted by atomic mass is 10.0. The molecule has 3 aromatic heterocycles. The van der Waals surface area contributed by atoms with Crippen LogP contribution in [0.1, 0.15) is 18.5 Å². The number of nitrogens with one attached hydrogen (secondary N) is 1. The number of likely N-dealkylation sites (N-methyl/N-ethyl adjacent to an activating group) is 1. The van der Waals surface area contributed by atoms with Crippen molar-refractivity contribution in [2.24, 2.45) is 5.92 Å². The normalized spacial score (nSPS) is 22.2. The second-order valence-corrected chi connectivity index (χ2v) is 8.38. The molecule has 0 bridgehead atoms. The van der Waals surface area contributed by atoms with Crippen LogP contribution in [0.5, 0.6) is 5.75 Å². The molecule has 2 aliphatic rings. The topological polar surface area (TPSA) is 71.8 Å². The molecule has 5 rings (SSSR count). The Morgan fingerprint density at radius 1 is 1.35 bits per heavy atom. The number of pyridine rings is 2. The Morgan fingerprint density at radius 2 is 2.16 bits per heavy atom. The lowest BCUT2D eigenvalue weighted by Gasteiger charge is -2.37. The fourth-order valence-corrected chi connectivity index (χ4v) is 3.79. The van der Waals surface area contributed by atoms with E-state index in [4.69, 9.17) is 4.74 Å². The molecule has 1 aliphatic heterocycles. The van der Waals surface area contributed by atoms with E-state index in [0.717, 1.165) is 35.3 Å². The van der Waals surface area contributed by atoms with Crippen molar-refractivity contribution in [3.8, 4) is 16.9 Å². The molecule has 1 unspecified atom stereocenters. The van der Waals surface area contributed by atoms with Crippen LogP contribution in [0.2, 0.25) is 0 Å². The van der Waals surface area contributed by atoms with Gasteiger partial charge in [-0.2, -0.15) is 5.10 Å². The third-order valence-electron chi connectivity index (χ3n) is 6.04. The van der Waals surface area contributed by atoms with Crippen molar-refractivity contribution >= 4 is 17.2 Å². The summed E-state index contributed by atoms with van der Waals surface area (Å²) < 4.78 is 33.9. The van der Waals surface area contributed by atoms with E-state index in [9.17, 15) is 13.6 Å². The number of hydrogen-bond acceptors (Lipinski definition) is 5. The number of nitrogens with zero attached hydrogens (tertiary/aromatic N) is 4. The van der Waals surface area contributed by atoms with Crippen LogP contribution >= 0.6 is 0 Å². The van der Waals surface area contributed by atoms with Gasteiger partial charge in [0.2, 0.25) is 5.91 Å². The molecule has 1 N–H and O–H groups in total. The van der Waals surface area contributed by atoms with Crippen molar-refractivity contribution in [3.63, 3.8) is 0 Å². The quantitative estimate of drug-likeness (QED) is 0.653. The summed E-state index contributed by atoms with van der Waals surface area (Å²) in [5, 5.41) is 6.75. The number of hydrogen-bond donors (Lipinski definition) is 1. The minimum atomic E-state index is -2.90. The van der Waals surface area contributed by atoms with E-state index in [1.165, 1.54) is 0 Å². The van der Waals surface area contributed by atoms with Crippen molar-refractivity contribution in [1.29, 1.82) is 0 Å². The van der Waals surface area contributed by atoms with Gasteiger partial charge in [0.1, 0.15) is 18.3 Å². The average Bonchev–Trinajstić information content (AvgIpc) is 3.19. The second-order valence-electron chi connectivity index (χ2n) is 8.38. The highest BCUT2D eigenvalue weighted by molar-refractivity contribution is 5.95. The molecule has 162 valence electrons. The summed E-state index contributed by atoms with van der Waals surface area (Å²) in [4.78, 5) is 18.6. The minimum Gasteiger partial charge on any atom is -0.490 e. The zero-order valence-electron chi connectivity index (χ0n) is 17.3. The van der Waals surface area contributed by atoms with E-state index in [0.29, 0.717) is 18.4 Å². The third-order valence-corrected chi connectivity index (χ3v) is 6.04. The number of carbonyl (C=O) groups is 1. The summed E-state index contributed by atoms with van der Waals surface area (Å²) in [7, 11) is 2.08. The first kappa shape index (κ1) is 19.9. The van der Waals surface area contributed by atoms with Gasteiger partial charge in [0.05, 0.1) is 11.7 Å². The molecule has 2 fully saturated rings. The molecule has 2 atom stereocenters. The molecule has 1 saturated heterocycles. The average molecular weight is 427 g/mol. The van der Waals surface area contributed by atoms with Crippen LogP contribution < -0.4 is 10.1 Å². The molecule has 3 aromatic rings. The van der Waals surface area contributed by atoms with Crippen LogP contribution in [0, 0.1) is 12.8 Å². The SMILES string of the molecule is Cc1cc(-c2ccn3nc(NC(=O)C4CC4(F)F)cc3c2)c(OC[C@H]2CCN2C)cn1. The zero-order chi connectivity index (χ0) is 21.8. The molecule has 7 nitrogen and oxygen atoms in total. The van der Waals surface area contributed by atoms with E-state index >= 15 is 0 Å². The van der Waals surface area contributed by atoms with Gasteiger partial charge in [-0.15, -0.1) is 0 Å². The van der Waals surface area contributed by atoms with Crippen LogP contribution in [0.4, 0.5) is 14.6 Å². The molecule has 0 aromatic carbocycles. The number of fused-ring (bicyclic) bond motifs is 1. The van der Waals surface area contributed by atoms with Crippen LogP contribution in [0.25, 0.3) is 16.6 Å². The Bertz CT molecular complexity index is 1160. The fraction of sp³-hybridized carbons (Fsp3) is 0.409. The highest BCUT2D eigenvalue weighted by Gasteiger charge is 2.61. The van der Waals surface area contributed by atoms with Gasteiger partial charge in [0, 0.05) is 36.0 Å². The number of alkyl halides is 2. The Hall–Kier alpha value is -3.07. The number of amides is 1. The zero-order valence-corrected chi connectivity index (χ0v) is 17.3. The van der Waals surface area contributed by atoms with Gasteiger partial charge in [-0.1, -0.05) is 0 Å². The van der Waals surface area contributed by atoms with Gasteiger partial charge in [-0.3, -0.25) is 14.7 Å². The molecule has 0 radical (unpaired) electrons. The van der Waals surface area contributed by atoms with Crippen LogP contribution in [-0.4, -0.2) is 57.6 Å². The summed E-state index contributed by atoms with van der Waals surface area (Å²) >= 11 is 0. The van der Waals surface area contributed by atoms with Gasteiger partial charge in [0.15, 0.2) is 5.82 Å². The first-order valence-corrected chi connectivity index (χ1v) is 10.3. The maximum atomic E-state index is 13.1. The molecule has 4 heterocycles. The number of likely N-dealkylation sites (tertiary alicyclic amines) is 1. The number of aromatic nitrogens is 3. The van der Waals surface area contributed by atoms with Crippen molar-refractivity contribution in [2.75, 3.05) is 25.5 Å². The standard InChI is InChI=1S/C22H23F2N5O2/c1-13-7-17(19(11-25-13)31-12-15-4-5-28(15)2)14-3-6-29-16(8-14)9-20(27-29)26-21(30)18-10-22(18,23)24/h3,6-9,11,15,18H,4-5,10,12H2,1-2H3,(H,26,27,30)/t15-,18?/m1/s1. The van der Waals surface area contributed by atoms with Crippen LogP contribution in [0.15, 0.2) is 36.7 Å². The van der Waals surface area contributed by atoms with Crippen LogP contribution in [0.3, 0.4) is 0 Å². The molecule has 0 spiro atoms. The maximum Gasteiger partial charge on any atom is 0.260 e. The second kappa shape index (κ2) is 7.26. The molecule has 1 aliphatic carbocycles. The van der Waals surface area contributed by atoms with Gasteiger partial charge in [-0.05, 0) is 50.7 Å². The lowest BCUT2D eigenvalue weighted by Crippen LogP contribution is -2.48. The predicted octanol–water partition coefficient (Wildman–Crippen LogP) is 3.38. The number of halogens is 2. The highest BCUT2D eigenvalue weighted by atomic mass is 19.3. The summed E-state index contributed by atoms with van der Waals surface area (Å²) in [6.45, 7) is 3.61. The lowest BCUT2D eigenvalue weighted by molar-refractivity contribution is -0.119. The first-order valence-electron chi connectivity index (χ1n) is 10.3. The molecule has 9 heteroatoms. The molecular formula is C22H23F2N5O2. The van der Waals surface area contributed by atoms with Gasteiger partial charge in [0.25, 0.3) is 5.92 Å². The highest BCUT2D eigenvalue weighted by Crippen LogP contribution is 2.49. The maximum absolute atomic E-state index is 13.1. The van der Waals surface area contributed by atoms with Gasteiger partial charge < -0.3 is 10.1 Å². The van der Waals surface area contributed by atoms with E-state index in [1.54, 1.807) is 23.0 Å². The number of carbonyl (C=O) groups excluding carboxylic acids is 1. The number of aryl methyl sites for hydroxylation is 1. The number of anilines is 1. The molecule has 1 saturated carbocycles. The predicted molar refractivity (Wildman–Crippen MR) is 111 cm³/mol. The Morgan fingerprint density at radius 3 is 2.84 bits per heavy atom. The van der Waals surface area contributed by atoms with E-state index in [-0.39, 0.29) is 5.82 Å². The Balaban J connectivity index is 1.38. The monoisotopic (exact) mass is 427 g/mol. The van der Waals surface area contributed by atoms with Crippen molar-refractivity contribution in [2.45, 2.75) is 31.7 Å². The van der Waals surface area contributed by atoms with Crippen molar-refractivity contribution < 1.29 is 18.3 Å². The minimum absolute atomic E-state index is 0.250. The first-order chi connectivity index (χ1) is 14.8. The Kier molecular flexibility index (Phi) is 4.65. The van der Waals surface area contributed by atoms with E-state index in [1.807, 2.05) is 25.1 Å². The van der Waals surface area contributed by atoms with E-state index < -0.39 is 24.2 Å². The smallest absolute Gasteiger partial charge is 0.260 e. The summed E-state index contributed by atoms with van der Waals surface area (Å²) in [5.74, 6) is -3.91. The number of rotatable bonds is 6. The fourth-order valence-electron chi connectivity index (χ4n) is 3.79. The number of ether oxygens (including phenoxy) is 1. The summed E-state index contributed by atoms with van der Waals surface area (Å²) in [6.07, 6.45) is 4.22. The Labute approximate surface area is 178 Å². The molecule has 31 heavy (non-hydrogen) atoms. The summed E-state index contributed by atoms with van der Waals surface area (Å²) in [6, 6.07) is 7.87. The van der Waals surface area contributed by atoms with Gasteiger partial charge >= 0.3 is 0 Å². The summed E-state index contributed by atoms with van der Waals surface area (Å²) in [5.41, 5.74) is 3.44. The molecule has 1 amide bonds.